The molecule has 1 amide bonds. The van der Waals surface area contributed by atoms with Gasteiger partial charge in [0.25, 0.3) is 5.91 Å². The molecule has 10 nitrogen and oxygen atoms in total. The van der Waals surface area contributed by atoms with Crippen LogP contribution in [0.1, 0.15) is 36.8 Å². The van der Waals surface area contributed by atoms with Crippen LogP contribution in [0.4, 0.5) is 5.69 Å². The molecule has 5 aromatic rings. The van der Waals surface area contributed by atoms with Crippen LogP contribution in [0.25, 0.3) is 33.5 Å². The standard InChI is InChI=1S/C34H36N8O2/c1-20-15-41(22(3)21(20)2)34(43)25-10-26-32(31(12-25)44-5)42(18-23-16-40(17-23)30-14-36-19-37-27(30)13-35)33(38-26)29-11-24-8-6-7-9-28(24)39(29)4/h6-12,14,19-23H,15-18H2,1-5H3. The number of ether oxygens (including phenoxy) is 1. The molecule has 3 unspecified atom stereocenters. The maximum Gasteiger partial charge on any atom is 0.254 e. The van der Waals surface area contributed by atoms with Crippen molar-refractivity contribution in [3.8, 4) is 23.3 Å². The number of rotatable bonds is 6. The number of anilines is 1. The number of benzene rings is 2. The molecule has 0 N–H and O–H groups in total. The second-order valence-electron chi connectivity index (χ2n) is 12.4. The highest BCUT2D eigenvalue weighted by Crippen LogP contribution is 2.38. The summed E-state index contributed by atoms with van der Waals surface area (Å²) in [6, 6.07) is 16.6. The summed E-state index contributed by atoms with van der Waals surface area (Å²) in [5, 5.41) is 10.7. The fraction of sp³-hybridized carbons (Fsp3) is 0.382. The molecule has 5 heterocycles. The van der Waals surface area contributed by atoms with Gasteiger partial charge >= 0.3 is 0 Å². The molecule has 0 bridgehead atoms. The van der Waals surface area contributed by atoms with Gasteiger partial charge in [-0.2, -0.15) is 5.26 Å². The minimum Gasteiger partial charge on any atom is -0.494 e. The normalized spacial score (nSPS) is 20.3. The summed E-state index contributed by atoms with van der Waals surface area (Å²) in [6.45, 7) is 9.53. The molecule has 224 valence electrons. The zero-order chi connectivity index (χ0) is 30.7. The van der Waals surface area contributed by atoms with E-state index in [1.54, 1.807) is 13.3 Å². The van der Waals surface area contributed by atoms with E-state index in [4.69, 9.17) is 9.72 Å². The third-order valence-corrected chi connectivity index (χ3v) is 9.89. The van der Waals surface area contributed by atoms with Gasteiger partial charge in [0.2, 0.25) is 0 Å². The van der Waals surface area contributed by atoms with E-state index >= 15 is 0 Å². The van der Waals surface area contributed by atoms with Crippen molar-refractivity contribution in [3.63, 3.8) is 0 Å². The zero-order valence-electron chi connectivity index (χ0n) is 25.7. The topological polar surface area (TPSA) is 105 Å². The van der Waals surface area contributed by atoms with Gasteiger partial charge in [-0.25, -0.2) is 15.0 Å². The fourth-order valence-electron chi connectivity index (χ4n) is 7.00. The summed E-state index contributed by atoms with van der Waals surface area (Å²) < 4.78 is 10.4. The van der Waals surface area contributed by atoms with E-state index in [2.05, 4.69) is 76.1 Å². The van der Waals surface area contributed by atoms with Crippen LogP contribution in [0.5, 0.6) is 5.75 Å². The van der Waals surface area contributed by atoms with Crippen molar-refractivity contribution in [1.29, 1.82) is 5.26 Å². The molecule has 7 rings (SSSR count). The first kappa shape index (κ1) is 27.9. The minimum absolute atomic E-state index is 0.0163. The lowest BCUT2D eigenvalue weighted by Gasteiger charge is -2.41. The number of methoxy groups -OCH3 is 1. The van der Waals surface area contributed by atoms with Crippen molar-refractivity contribution < 1.29 is 9.53 Å². The molecule has 0 spiro atoms. The first-order chi connectivity index (χ1) is 21.3. The van der Waals surface area contributed by atoms with Gasteiger partial charge in [0.15, 0.2) is 11.5 Å². The highest BCUT2D eigenvalue weighted by Gasteiger charge is 2.37. The lowest BCUT2D eigenvalue weighted by atomic mass is 9.95. The number of nitrogens with zero attached hydrogens (tertiary/aromatic N) is 8. The molecule has 2 saturated heterocycles. The Kier molecular flexibility index (Phi) is 6.76. The lowest BCUT2D eigenvalue weighted by molar-refractivity contribution is 0.0733. The predicted molar refractivity (Wildman–Crippen MR) is 169 cm³/mol. The number of para-hydroxylation sites is 1. The fourth-order valence-corrected chi connectivity index (χ4v) is 7.00. The molecule has 10 heteroatoms. The number of carbonyl (C=O) groups excluding carboxylic acids is 1. The van der Waals surface area contributed by atoms with Gasteiger partial charge in [0, 0.05) is 61.7 Å². The van der Waals surface area contributed by atoms with E-state index in [1.807, 2.05) is 29.2 Å². The Morgan fingerprint density at radius 3 is 2.61 bits per heavy atom. The number of amides is 1. The van der Waals surface area contributed by atoms with E-state index < -0.39 is 0 Å². The SMILES string of the molecule is COc1cc(C(=O)N2CC(C)C(C)C2C)cc2nc(-c3cc4ccccc4n3C)n(CC3CN(c4cncnc4C#N)C3)c12. The summed E-state index contributed by atoms with van der Waals surface area (Å²) in [7, 11) is 3.72. The van der Waals surface area contributed by atoms with Crippen LogP contribution >= 0.6 is 0 Å². The van der Waals surface area contributed by atoms with Crippen LogP contribution in [-0.2, 0) is 13.6 Å². The van der Waals surface area contributed by atoms with Crippen LogP contribution in [0.2, 0.25) is 0 Å². The molecule has 44 heavy (non-hydrogen) atoms. The van der Waals surface area contributed by atoms with E-state index in [1.165, 1.54) is 6.33 Å². The van der Waals surface area contributed by atoms with Gasteiger partial charge in [-0.15, -0.1) is 0 Å². The molecule has 0 aliphatic carbocycles. The maximum atomic E-state index is 13.8. The first-order valence-electron chi connectivity index (χ1n) is 15.2. The van der Waals surface area contributed by atoms with Crippen LogP contribution < -0.4 is 9.64 Å². The summed E-state index contributed by atoms with van der Waals surface area (Å²) in [5.41, 5.74) is 5.47. The highest BCUT2D eigenvalue weighted by atomic mass is 16.5. The molecular weight excluding hydrogens is 552 g/mol. The Morgan fingerprint density at radius 1 is 1.11 bits per heavy atom. The zero-order valence-corrected chi connectivity index (χ0v) is 25.7. The number of carbonyl (C=O) groups is 1. The lowest BCUT2D eigenvalue weighted by Crippen LogP contribution is -2.49. The molecule has 2 fully saturated rings. The van der Waals surface area contributed by atoms with Gasteiger partial charge in [-0.05, 0) is 43.0 Å². The predicted octanol–water partition coefficient (Wildman–Crippen LogP) is 5.12. The summed E-state index contributed by atoms with van der Waals surface area (Å²) in [4.78, 5) is 31.4. The monoisotopic (exact) mass is 588 g/mol. The second-order valence-corrected chi connectivity index (χ2v) is 12.4. The number of aromatic nitrogens is 5. The minimum atomic E-state index is 0.0163. The molecule has 0 saturated carbocycles. The van der Waals surface area contributed by atoms with E-state index in [0.29, 0.717) is 41.3 Å². The molecule has 2 aliphatic rings. The molecule has 2 aliphatic heterocycles. The molecule has 2 aromatic carbocycles. The Morgan fingerprint density at radius 2 is 1.91 bits per heavy atom. The van der Waals surface area contributed by atoms with Gasteiger partial charge in [0.05, 0.1) is 30.2 Å². The van der Waals surface area contributed by atoms with Crippen LogP contribution in [0.15, 0.2) is 55.0 Å². The molecule has 3 aromatic heterocycles. The van der Waals surface area contributed by atoms with E-state index in [-0.39, 0.29) is 11.9 Å². The summed E-state index contributed by atoms with van der Waals surface area (Å²) in [6.07, 6.45) is 3.11. The Balaban J connectivity index is 1.31. The highest BCUT2D eigenvalue weighted by molar-refractivity contribution is 6.00. The first-order valence-corrected chi connectivity index (χ1v) is 15.2. The van der Waals surface area contributed by atoms with Crippen molar-refractivity contribution in [2.75, 3.05) is 31.6 Å². The average Bonchev–Trinajstić information content (AvgIpc) is 3.64. The molecule has 3 atom stereocenters. The smallest absolute Gasteiger partial charge is 0.254 e. The number of hydrogen-bond donors (Lipinski definition) is 0. The van der Waals surface area contributed by atoms with Crippen molar-refractivity contribution >= 4 is 33.5 Å². The Hall–Kier alpha value is -4.91. The molecule has 0 radical (unpaired) electrons. The second kappa shape index (κ2) is 10.7. The van der Waals surface area contributed by atoms with Gasteiger partial charge in [-0.3, -0.25) is 4.79 Å². The number of imidazole rings is 1. The van der Waals surface area contributed by atoms with Crippen molar-refractivity contribution in [3.05, 3.63) is 66.2 Å². The summed E-state index contributed by atoms with van der Waals surface area (Å²) >= 11 is 0. The third kappa shape index (κ3) is 4.37. The Bertz CT molecular complexity index is 1950. The van der Waals surface area contributed by atoms with Crippen molar-refractivity contribution in [1.82, 2.24) is 29.0 Å². The number of likely N-dealkylation sites (tertiary alicyclic amines) is 1. The van der Waals surface area contributed by atoms with Gasteiger partial charge < -0.3 is 23.7 Å². The van der Waals surface area contributed by atoms with Crippen molar-refractivity contribution in [2.45, 2.75) is 33.4 Å². The Labute approximate surface area is 256 Å². The quantitative estimate of drug-likeness (QED) is 0.271. The molecular formula is C34H36N8O2. The number of fused-ring (bicyclic) bond motifs is 2. The van der Waals surface area contributed by atoms with Crippen molar-refractivity contribution in [2.24, 2.45) is 24.8 Å². The van der Waals surface area contributed by atoms with Crippen LogP contribution in [0.3, 0.4) is 0 Å². The van der Waals surface area contributed by atoms with Crippen LogP contribution in [0, 0.1) is 29.1 Å². The average molecular weight is 589 g/mol. The summed E-state index contributed by atoms with van der Waals surface area (Å²) in [5.74, 6) is 2.67. The largest absolute Gasteiger partial charge is 0.494 e. The van der Waals surface area contributed by atoms with E-state index in [9.17, 15) is 10.1 Å². The maximum absolute atomic E-state index is 13.8. The van der Waals surface area contributed by atoms with Gasteiger partial charge in [-0.1, -0.05) is 32.0 Å². The van der Waals surface area contributed by atoms with Crippen LogP contribution in [-0.4, -0.2) is 67.7 Å². The van der Waals surface area contributed by atoms with Gasteiger partial charge in [0.1, 0.15) is 23.7 Å². The van der Waals surface area contributed by atoms with E-state index in [0.717, 1.165) is 58.8 Å². The number of hydrogen-bond acceptors (Lipinski definition) is 7. The number of nitriles is 1. The number of aryl methyl sites for hydroxylation is 1. The third-order valence-electron chi connectivity index (χ3n) is 9.89.